The molecule has 0 radical (unpaired) electrons. The van der Waals surface area contributed by atoms with Gasteiger partial charge in [0.05, 0.1) is 0 Å². The summed E-state index contributed by atoms with van der Waals surface area (Å²) in [5.41, 5.74) is -4.28. The molecular formula is C8H5ClF2O3. The molecule has 0 heterocycles. The van der Waals surface area contributed by atoms with E-state index >= 15 is 0 Å². The van der Waals surface area contributed by atoms with Crippen LogP contribution in [-0.2, 0) is 0 Å². The van der Waals surface area contributed by atoms with Gasteiger partial charge in [0.15, 0.2) is 0 Å². The zero-order valence-electron chi connectivity index (χ0n) is 6.71. The average molecular weight is 223 g/mol. The minimum Gasteiger partial charge on any atom is -0.478 e. The normalized spacial score (nSPS) is 11.1. The Hall–Kier alpha value is -1.36. The minimum absolute atomic E-state index is 0.368. The van der Waals surface area contributed by atoms with Crippen LogP contribution in [-0.4, -0.2) is 16.6 Å². The molecule has 1 rings (SSSR count). The summed E-state index contributed by atoms with van der Waals surface area (Å²) in [6.45, 7) is 0. The molecule has 1 N–H and O–H groups in total. The van der Waals surface area contributed by atoms with Gasteiger partial charge in [0.2, 0.25) is 0 Å². The molecule has 0 aliphatic heterocycles. The molecule has 0 saturated heterocycles. The summed E-state index contributed by atoms with van der Waals surface area (Å²) < 4.78 is 28.3. The number of para-hydroxylation sites is 1. The molecule has 0 aliphatic carbocycles. The topological polar surface area (TPSA) is 46.5 Å². The van der Waals surface area contributed by atoms with Gasteiger partial charge in [0.25, 0.3) is 0 Å². The Balaban J connectivity index is 3.02. The van der Waals surface area contributed by atoms with Gasteiger partial charge in [-0.2, -0.15) is 0 Å². The molecule has 1 aromatic rings. The van der Waals surface area contributed by atoms with Crippen molar-refractivity contribution in [2.24, 2.45) is 0 Å². The molecule has 6 heteroatoms. The summed E-state index contributed by atoms with van der Waals surface area (Å²) in [6, 6.07) is 4.99. The predicted octanol–water partition coefficient (Wildman–Crippen LogP) is 2.55. The molecule has 0 aromatic heterocycles. The van der Waals surface area contributed by atoms with Crippen LogP contribution < -0.4 is 4.74 Å². The van der Waals surface area contributed by atoms with Crippen molar-refractivity contribution in [2.45, 2.75) is 5.57 Å². The van der Waals surface area contributed by atoms with Gasteiger partial charge in [-0.3, -0.25) is 0 Å². The number of halogens is 3. The number of carboxylic acid groups (broad SMARTS) is 1. The first-order chi connectivity index (χ1) is 6.40. The number of carbonyl (C=O) groups is 1. The quantitative estimate of drug-likeness (QED) is 0.800. The Kier molecular flexibility index (Phi) is 2.90. The second-order valence-corrected chi connectivity index (χ2v) is 2.79. The van der Waals surface area contributed by atoms with Crippen molar-refractivity contribution in [1.82, 2.24) is 0 Å². The van der Waals surface area contributed by atoms with Gasteiger partial charge in [0.1, 0.15) is 11.3 Å². The maximum absolute atomic E-state index is 12.2. The summed E-state index contributed by atoms with van der Waals surface area (Å²) in [6.07, 6.45) is 0. The van der Waals surface area contributed by atoms with Crippen molar-refractivity contribution >= 4 is 17.6 Å². The molecule has 76 valence electrons. The summed E-state index contributed by atoms with van der Waals surface area (Å²) in [5, 5.41) is 8.59. The molecule has 1 aromatic carbocycles. The lowest BCUT2D eigenvalue weighted by Crippen LogP contribution is -2.17. The summed E-state index contributed by atoms with van der Waals surface area (Å²) >= 11 is 4.50. The van der Waals surface area contributed by atoms with Crippen LogP contribution in [0.1, 0.15) is 10.4 Å². The van der Waals surface area contributed by atoms with E-state index in [1.54, 1.807) is 0 Å². The largest absolute Gasteiger partial charge is 0.487 e. The fraction of sp³-hybridized carbons (Fsp3) is 0.125. The van der Waals surface area contributed by atoms with Crippen LogP contribution in [0, 0.1) is 0 Å². The maximum atomic E-state index is 12.2. The highest BCUT2D eigenvalue weighted by Crippen LogP contribution is 2.27. The lowest BCUT2D eigenvalue weighted by atomic mass is 10.2. The van der Waals surface area contributed by atoms with Crippen molar-refractivity contribution < 1.29 is 23.4 Å². The zero-order valence-corrected chi connectivity index (χ0v) is 7.46. The van der Waals surface area contributed by atoms with Gasteiger partial charge in [-0.1, -0.05) is 12.1 Å². The van der Waals surface area contributed by atoms with Crippen molar-refractivity contribution in [3.63, 3.8) is 0 Å². The van der Waals surface area contributed by atoms with E-state index in [4.69, 9.17) is 5.11 Å². The van der Waals surface area contributed by atoms with E-state index in [1.807, 2.05) is 0 Å². The Morgan fingerprint density at radius 1 is 1.43 bits per heavy atom. The van der Waals surface area contributed by atoms with Crippen LogP contribution in [0.15, 0.2) is 24.3 Å². The maximum Gasteiger partial charge on any atom is 0.487 e. The average Bonchev–Trinajstić information content (AvgIpc) is 2.01. The van der Waals surface area contributed by atoms with Crippen LogP contribution in [0.5, 0.6) is 5.75 Å². The van der Waals surface area contributed by atoms with E-state index in [9.17, 15) is 13.6 Å². The molecule has 0 fully saturated rings. The minimum atomic E-state index is -3.91. The molecule has 0 atom stereocenters. The van der Waals surface area contributed by atoms with Crippen LogP contribution in [0.25, 0.3) is 0 Å². The van der Waals surface area contributed by atoms with Gasteiger partial charge in [-0.05, 0) is 12.1 Å². The number of aromatic carboxylic acids is 1. The molecule has 0 bridgehead atoms. The fourth-order valence-corrected chi connectivity index (χ4v) is 0.940. The highest BCUT2D eigenvalue weighted by atomic mass is 35.5. The second kappa shape index (κ2) is 3.79. The van der Waals surface area contributed by atoms with Crippen LogP contribution in [0.4, 0.5) is 8.78 Å². The lowest BCUT2D eigenvalue weighted by Gasteiger charge is -2.11. The van der Waals surface area contributed by atoms with Crippen LogP contribution >= 0.6 is 11.6 Å². The summed E-state index contributed by atoms with van der Waals surface area (Å²) in [4.78, 5) is 10.5. The third-order valence-electron chi connectivity index (χ3n) is 1.34. The lowest BCUT2D eigenvalue weighted by molar-refractivity contribution is -0.0968. The van der Waals surface area contributed by atoms with E-state index in [2.05, 4.69) is 16.3 Å². The van der Waals surface area contributed by atoms with Gasteiger partial charge in [-0.25, -0.2) is 4.79 Å². The number of carboxylic acids is 1. The van der Waals surface area contributed by atoms with Gasteiger partial charge in [0, 0.05) is 11.6 Å². The molecular weight excluding hydrogens is 218 g/mol. The van der Waals surface area contributed by atoms with Crippen LogP contribution in [0.2, 0.25) is 0 Å². The number of hydrogen-bond acceptors (Lipinski definition) is 2. The molecule has 3 nitrogen and oxygen atoms in total. The monoisotopic (exact) mass is 222 g/mol. The second-order valence-electron chi connectivity index (χ2n) is 2.35. The van der Waals surface area contributed by atoms with Crippen molar-refractivity contribution in [3.05, 3.63) is 29.8 Å². The van der Waals surface area contributed by atoms with E-state index < -0.39 is 17.3 Å². The van der Waals surface area contributed by atoms with Crippen LogP contribution in [0.3, 0.4) is 0 Å². The van der Waals surface area contributed by atoms with Crippen molar-refractivity contribution in [3.8, 4) is 5.75 Å². The third kappa shape index (κ3) is 2.85. The molecule has 0 aliphatic rings. The number of ether oxygens (including phenoxy) is 1. The van der Waals surface area contributed by atoms with E-state index in [-0.39, 0.29) is 5.56 Å². The highest BCUT2D eigenvalue weighted by Gasteiger charge is 2.29. The van der Waals surface area contributed by atoms with Crippen molar-refractivity contribution in [2.75, 3.05) is 0 Å². The Labute approximate surface area is 82.9 Å². The van der Waals surface area contributed by atoms with Gasteiger partial charge >= 0.3 is 11.5 Å². The Morgan fingerprint density at radius 3 is 2.50 bits per heavy atom. The molecule has 14 heavy (non-hydrogen) atoms. The Morgan fingerprint density at radius 2 is 2.00 bits per heavy atom. The number of hydrogen-bond donors (Lipinski definition) is 1. The summed E-state index contributed by atoms with van der Waals surface area (Å²) in [5.74, 6) is -1.83. The molecule has 0 unspecified atom stereocenters. The fourth-order valence-electron chi connectivity index (χ4n) is 0.857. The highest BCUT2D eigenvalue weighted by molar-refractivity contribution is 6.20. The molecule has 0 saturated carbocycles. The van der Waals surface area contributed by atoms with Gasteiger partial charge < -0.3 is 9.84 Å². The Bertz CT molecular complexity index is 349. The number of alkyl halides is 3. The first kappa shape index (κ1) is 10.7. The number of benzene rings is 1. The molecule has 0 amide bonds. The first-order valence-corrected chi connectivity index (χ1v) is 3.86. The smallest absolute Gasteiger partial charge is 0.478 e. The zero-order chi connectivity index (χ0) is 10.8. The molecule has 0 spiro atoms. The van der Waals surface area contributed by atoms with E-state index in [0.717, 1.165) is 12.1 Å². The van der Waals surface area contributed by atoms with E-state index in [1.165, 1.54) is 12.1 Å². The van der Waals surface area contributed by atoms with E-state index in [0.29, 0.717) is 0 Å². The first-order valence-electron chi connectivity index (χ1n) is 3.48. The standard InChI is InChI=1S/C8H5ClF2O3/c9-8(10,11)14-6-4-2-1-3-5(6)7(12)13/h1-4H,(H,12,13). The third-order valence-corrected chi connectivity index (χ3v) is 1.42. The predicted molar refractivity (Wildman–Crippen MR) is 44.8 cm³/mol. The number of rotatable bonds is 3. The SMILES string of the molecule is O=C(O)c1ccccc1OC(F)(F)Cl. The van der Waals surface area contributed by atoms with Gasteiger partial charge in [-0.15, -0.1) is 8.78 Å². The van der Waals surface area contributed by atoms with Crippen molar-refractivity contribution in [1.29, 1.82) is 0 Å². The summed E-state index contributed by atoms with van der Waals surface area (Å²) in [7, 11) is 0.